The summed E-state index contributed by atoms with van der Waals surface area (Å²) in [6.07, 6.45) is 3.84. The molecule has 2 rings (SSSR count). The number of hydrogen-bond donors (Lipinski definition) is 1. The van der Waals surface area contributed by atoms with Crippen LogP contribution < -0.4 is 5.32 Å². The van der Waals surface area contributed by atoms with Crippen molar-refractivity contribution in [2.45, 2.75) is 52.6 Å². The SMILES string of the molecule is CC(C)c1ccn(-c2ccnc(CNC(C)(C)C)c2)n1. The summed E-state index contributed by atoms with van der Waals surface area (Å²) in [5.41, 5.74) is 3.28. The number of rotatable bonds is 4. The van der Waals surface area contributed by atoms with E-state index in [2.05, 4.69) is 62.2 Å². The number of aromatic nitrogens is 3. The van der Waals surface area contributed by atoms with Gasteiger partial charge in [-0.1, -0.05) is 13.8 Å². The van der Waals surface area contributed by atoms with Gasteiger partial charge in [0.1, 0.15) is 0 Å². The minimum Gasteiger partial charge on any atom is -0.306 e. The van der Waals surface area contributed by atoms with Crippen molar-refractivity contribution in [2.24, 2.45) is 0 Å². The van der Waals surface area contributed by atoms with E-state index in [1.54, 1.807) is 0 Å². The quantitative estimate of drug-likeness (QED) is 0.928. The molecule has 0 atom stereocenters. The van der Waals surface area contributed by atoms with Crippen LogP contribution in [0.5, 0.6) is 0 Å². The number of nitrogens with zero attached hydrogens (tertiary/aromatic N) is 3. The molecule has 0 aliphatic heterocycles. The average Bonchev–Trinajstić information content (AvgIpc) is 2.86. The molecule has 0 unspecified atom stereocenters. The van der Waals surface area contributed by atoms with Crippen LogP contribution in [0.4, 0.5) is 0 Å². The minimum absolute atomic E-state index is 0.0915. The first-order valence-corrected chi connectivity index (χ1v) is 7.11. The zero-order valence-corrected chi connectivity index (χ0v) is 13.0. The smallest absolute Gasteiger partial charge is 0.0679 e. The first-order chi connectivity index (χ1) is 9.35. The summed E-state index contributed by atoms with van der Waals surface area (Å²) in [6.45, 7) is 11.5. The Morgan fingerprint density at radius 2 is 2.00 bits per heavy atom. The maximum Gasteiger partial charge on any atom is 0.0679 e. The Hall–Kier alpha value is -1.68. The summed E-state index contributed by atoms with van der Waals surface area (Å²) in [7, 11) is 0. The molecule has 0 spiro atoms. The lowest BCUT2D eigenvalue weighted by molar-refractivity contribution is 0.421. The van der Waals surface area contributed by atoms with Gasteiger partial charge in [0.25, 0.3) is 0 Å². The Bertz CT molecular complexity index is 564. The Labute approximate surface area is 121 Å². The van der Waals surface area contributed by atoms with Gasteiger partial charge in [0.2, 0.25) is 0 Å². The molecule has 108 valence electrons. The molecule has 0 saturated carbocycles. The van der Waals surface area contributed by atoms with Gasteiger partial charge in [-0.2, -0.15) is 5.10 Å². The highest BCUT2D eigenvalue weighted by Crippen LogP contribution is 2.14. The Morgan fingerprint density at radius 1 is 1.25 bits per heavy atom. The molecule has 0 fully saturated rings. The molecule has 0 aromatic carbocycles. The summed E-state index contributed by atoms with van der Waals surface area (Å²) in [5.74, 6) is 0.445. The van der Waals surface area contributed by atoms with Crippen LogP contribution in [0.3, 0.4) is 0 Å². The van der Waals surface area contributed by atoms with Crippen LogP contribution in [-0.4, -0.2) is 20.3 Å². The molecular weight excluding hydrogens is 248 g/mol. The van der Waals surface area contributed by atoms with Crippen molar-refractivity contribution < 1.29 is 0 Å². The van der Waals surface area contributed by atoms with Gasteiger partial charge in [0.15, 0.2) is 0 Å². The van der Waals surface area contributed by atoms with E-state index in [-0.39, 0.29) is 5.54 Å². The zero-order chi connectivity index (χ0) is 14.8. The zero-order valence-electron chi connectivity index (χ0n) is 13.0. The van der Waals surface area contributed by atoms with Crippen LogP contribution in [0.1, 0.15) is 51.9 Å². The van der Waals surface area contributed by atoms with Crippen molar-refractivity contribution in [3.8, 4) is 5.69 Å². The third-order valence-electron chi connectivity index (χ3n) is 3.07. The minimum atomic E-state index is 0.0915. The van der Waals surface area contributed by atoms with E-state index in [0.29, 0.717) is 5.92 Å². The van der Waals surface area contributed by atoms with E-state index in [1.165, 1.54) is 0 Å². The second kappa shape index (κ2) is 5.75. The Morgan fingerprint density at radius 3 is 2.60 bits per heavy atom. The van der Waals surface area contributed by atoms with Crippen LogP contribution in [0.2, 0.25) is 0 Å². The van der Waals surface area contributed by atoms with Crippen molar-refractivity contribution in [1.82, 2.24) is 20.1 Å². The predicted molar refractivity (Wildman–Crippen MR) is 82.0 cm³/mol. The summed E-state index contributed by atoms with van der Waals surface area (Å²) < 4.78 is 1.91. The van der Waals surface area contributed by atoms with Crippen molar-refractivity contribution >= 4 is 0 Å². The molecule has 1 N–H and O–H groups in total. The maximum atomic E-state index is 4.60. The van der Waals surface area contributed by atoms with E-state index >= 15 is 0 Å². The average molecular weight is 272 g/mol. The third-order valence-corrected chi connectivity index (χ3v) is 3.07. The van der Waals surface area contributed by atoms with Gasteiger partial charge in [-0.05, 0) is 44.9 Å². The normalized spacial score (nSPS) is 12.1. The van der Waals surface area contributed by atoms with Gasteiger partial charge < -0.3 is 5.32 Å². The van der Waals surface area contributed by atoms with E-state index in [9.17, 15) is 0 Å². The monoisotopic (exact) mass is 272 g/mol. The molecule has 0 saturated heterocycles. The molecule has 20 heavy (non-hydrogen) atoms. The molecular formula is C16H24N4. The highest BCUT2D eigenvalue weighted by Gasteiger charge is 2.10. The van der Waals surface area contributed by atoms with E-state index in [0.717, 1.165) is 23.6 Å². The fourth-order valence-corrected chi connectivity index (χ4v) is 1.85. The summed E-state index contributed by atoms with van der Waals surface area (Å²) in [6, 6.07) is 6.13. The van der Waals surface area contributed by atoms with Gasteiger partial charge in [-0.3, -0.25) is 4.98 Å². The van der Waals surface area contributed by atoms with Crippen molar-refractivity contribution in [3.63, 3.8) is 0 Å². The number of hydrogen-bond acceptors (Lipinski definition) is 3. The van der Waals surface area contributed by atoms with Gasteiger partial charge in [0, 0.05) is 24.5 Å². The molecule has 4 nitrogen and oxygen atoms in total. The standard InChI is InChI=1S/C16H24N4/c1-12(2)15-7-9-20(19-15)14-6-8-17-13(10-14)11-18-16(3,4)5/h6-10,12,18H,11H2,1-5H3. The van der Waals surface area contributed by atoms with Gasteiger partial charge >= 0.3 is 0 Å². The van der Waals surface area contributed by atoms with Crippen molar-refractivity contribution in [2.75, 3.05) is 0 Å². The lowest BCUT2D eigenvalue weighted by Gasteiger charge is -2.20. The lowest BCUT2D eigenvalue weighted by atomic mass is 10.1. The summed E-state index contributed by atoms with van der Waals surface area (Å²) in [5, 5.41) is 8.05. The highest BCUT2D eigenvalue weighted by molar-refractivity contribution is 5.31. The molecule has 4 heteroatoms. The van der Waals surface area contributed by atoms with E-state index in [4.69, 9.17) is 0 Å². The molecule has 0 aliphatic rings. The fourth-order valence-electron chi connectivity index (χ4n) is 1.85. The first-order valence-electron chi connectivity index (χ1n) is 7.11. The van der Waals surface area contributed by atoms with Crippen molar-refractivity contribution in [1.29, 1.82) is 0 Å². The van der Waals surface area contributed by atoms with Crippen LogP contribution >= 0.6 is 0 Å². The first kappa shape index (κ1) is 14.7. The summed E-state index contributed by atoms with van der Waals surface area (Å²) >= 11 is 0. The number of pyridine rings is 1. The number of nitrogens with one attached hydrogen (secondary N) is 1. The van der Waals surface area contributed by atoms with Crippen LogP contribution in [0.25, 0.3) is 5.69 Å². The van der Waals surface area contributed by atoms with E-state index in [1.807, 2.05) is 23.1 Å². The second-order valence-corrected chi connectivity index (χ2v) is 6.45. The van der Waals surface area contributed by atoms with Gasteiger partial charge in [-0.15, -0.1) is 0 Å². The lowest BCUT2D eigenvalue weighted by Crippen LogP contribution is -2.35. The molecule has 2 aromatic heterocycles. The fraction of sp³-hybridized carbons (Fsp3) is 0.500. The molecule has 0 radical (unpaired) electrons. The molecule has 0 amide bonds. The second-order valence-electron chi connectivity index (χ2n) is 6.45. The van der Waals surface area contributed by atoms with Crippen LogP contribution in [-0.2, 0) is 6.54 Å². The molecule has 2 aromatic rings. The largest absolute Gasteiger partial charge is 0.306 e. The van der Waals surface area contributed by atoms with Crippen LogP contribution in [0, 0.1) is 0 Å². The molecule has 0 aliphatic carbocycles. The Balaban J connectivity index is 2.16. The van der Waals surface area contributed by atoms with Gasteiger partial charge in [-0.25, -0.2) is 4.68 Å². The van der Waals surface area contributed by atoms with E-state index < -0.39 is 0 Å². The van der Waals surface area contributed by atoms with Crippen LogP contribution in [0.15, 0.2) is 30.6 Å². The highest BCUT2D eigenvalue weighted by atomic mass is 15.3. The molecule has 0 bridgehead atoms. The molecule has 2 heterocycles. The topological polar surface area (TPSA) is 42.7 Å². The Kier molecular flexibility index (Phi) is 4.23. The van der Waals surface area contributed by atoms with Gasteiger partial charge in [0.05, 0.1) is 17.1 Å². The predicted octanol–water partition coefficient (Wildman–Crippen LogP) is 3.28. The maximum absolute atomic E-state index is 4.60. The third kappa shape index (κ3) is 3.90. The van der Waals surface area contributed by atoms with Crippen molar-refractivity contribution in [3.05, 3.63) is 42.0 Å². The summed E-state index contributed by atoms with van der Waals surface area (Å²) in [4.78, 5) is 4.41.